The minimum absolute atomic E-state index is 0.0917. The van der Waals surface area contributed by atoms with Crippen LogP contribution in [-0.4, -0.2) is 77.9 Å². The van der Waals surface area contributed by atoms with Crippen LogP contribution in [0.2, 0.25) is 0 Å². The summed E-state index contributed by atoms with van der Waals surface area (Å²) in [6, 6.07) is 7.43. The maximum absolute atomic E-state index is 11.2. The molecule has 0 spiro atoms. The van der Waals surface area contributed by atoms with Crippen molar-refractivity contribution in [2.45, 2.75) is 44.9 Å². The van der Waals surface area contributed by atoms with Gasteiger partial charge in [-0.2, -0.15) is 11.8 Å². The molecule has 36 heavy (non-hydrogen) atoms. The van der Waals surface area contributed by atoms with Crippen LogP contribution in [0.15, 0.2) is 36.9 Å². The number of hydrogen-bond donors (Lipinski definition) is 5. The van der Waals surface area contributed by atoms with Crippen molar-refractivity contribution in [2.24, 2.45) is 0 Å². The summed E-state index contributed by atoms with van der Waals surface area (Å²) in [6.45, 7) is 3.91. The minimum atomic E-state index is -1.16. The van der Waals surface area contributed by atoms with Crippen molar-refractivity contribution in [1.82, 2.24) is 24.8 Å². The summed E-state index contributed by atoms with van der Waals surface area (Å²) < 4.78 is 7.58. The van der Waals surface area contributed by atoms with Crippen molar-refractivity contribution in [3.63, 3.8) is 0 Å². The quantitative estimate of drug-likeness (QED) is 0.245. The van der Waals surface area contributed by atoms with Crippen molar-refractivity contribution < 1.29 is 24.5 Å². The van der Waals surface area contributed by atoms with Crippen LogP contribution in [-0.2, 0) is 20.9 Å². The summed E-state index contributed by atoms with van der Waals surface area (Å²) in [5.41, 5.74) is 2.66. The number of imidazole rings is 1. The van der Waals surface area contributed by atoms with E-state index in [1.54, 1.807) is 4.57 Å². The van der Waals surface area contributed by atoms with Gasteiger partial charge >= 0.3 is 0 Å². The molecule has 0 bridgehead atoms. The Morgan fingerprint density at radius 3 is 2.58 bits per heavy atom. The Bertz CT molecular complexity index is 1210. The van der Waals surface area contributed by atoms with Gasteiger partial charge in [-0.25, -0.2) is 15.0 Å². The third kappa shape index (κ3) is 6.10. The molecule has 12 nitrogen and oxygen atoms in total. The zero-order valence-corrected chi connectivity index (χ0v) is 20.7. The molecule has 3 aromatic rings. The molecular formula is C23H29N7O5S. The number of aliphatic hydroxyl groups is 2. The lowest BCUT2D eigenvalue weighted by Gasteiger charge is -2.16. The lowest BCUT2D eigenvalue weighted by Crippen LogP contribution is -2.33. The number of hydrogen-bond acceptors (Lipinski definition) is 10. The number of nitrogens with one attached hydrogen (secondary N) is 3. The zero-order valence-electron chi connectivity index (χ0n) is 19.9. The van der Waals surface area contributed by atoms with E-state index in [4.69, 9.17) is 4.74 Å². The third-order valence-corrected chi connectivity index (χ3v) is 6.66. The Labute approximate surface area is 211 Å². The average molecular weight is 516 g/mol. The van der Waals surface area contributed by atoms with Gasteiger partial charge in [0.2, 0.25) is 11.8 Å². The number of thioether (sulfide) groups is 1. The van der Waals surface area contributed by atoms with Crippen LogP contribution in [0.3, 0.4) is 0 Å². The topological polar surface area (TPSA) is 164 Å². The van der Waals surface area contributed by atoms with Crippen LogP contribution in [0.5, 0.6) is 0 Å². The molecule has 0 saturated carbocycles. The van der Waals surface area contributed by atoms with Gasteiger partial charge in [-0.05, 0) is 17.7 Å². The average Bonchev–Trinajstić information content (AvgIpc) is 3.39. The van der Waals surface area contributed by atoms with Crippen LogP contribution in [0.1, 0.15) is 25.6 Å². The molecule has 0 unspecified atom stereocenters. The number of rotatable bonds is 10. The monoisotopic (exact) mass is 515 g/mol. The lowest BCUT2D eigenvalue weighted by molar-refractivity contribution is -0.119. The Balaban J connectivity index is 1.40. The van der Waals surface area contributed by atoms with Crippen molar-refractivity contribution in [3.05, 3.63) is 42.5 Å². The second-order valence-electron chi connectivity index (χ2n) is 8.38. The van der Waals surface area contributed by atoms with E-state index in [0.717, 1.165) is 11.3 Å². The molecular weight excluding hydrogens is 486 g/mol. The van der Waals surface area contributed by atoms with E-state index >= 15 is 0 Å². The number of ether oxygens (including phenoxy) is 1. The molecule has 5 N–H and O–H groups in total. The van der Waals surface area contributed by atoms with Gasteiger partial charge in [0.05, 0.1) is 12.4 Å². The predicted octanol–water partition coefficient (Wildman–Crippen LogP) is 0.885. The molecule has 1 fully saturated rings. The fourth-order valence-electron chi connectivity index (χ4n) is 3.86. The first-order valence-electron chi connectivity index (χ1n) is 11.4. The molecule has 3 heterocycles. The minimum Gasteiger partial charge on any atom is -0.387 e. The van der Waals surface area contributed by atoms with Crippen molar-refractivity contribution in [2.75, 3.05) is 28.7 Å². The molecule has 2 aromatic heterocycles. The number of carbonyl (C=O) groups is 2. The highest BCUT2D eigenvalue weighted by atomic mass is 32.2. The van der Waals surface area contributed by atoms with E-state index in [0.29, 0.717) is 41.6 Å². The second kappa shape index (κ2) is 11.6. The number of aliphatic hydroxyl groups excluding tert-OH is 2. The van der Waals surface area contributed by atoms with E-state index in [9.17, 15) is 19.8 Å². The fourth-order valence-corrected chi connectivity index (χ4v) is 4.78. The first kappa shape index (κ1) is 25.8. The summed E-state index contributed by atoms with van der Waals surface area (Å²) in [6.07, 6.45) is -0.743. The molecule has 4 rings (SSSR count). The van der Waals surface area contributed by atoms with E-state index in [2.05, 4.69) is 30.9 Å². The summed E-state index contributed by atoms with van der Waals surface area (Å²) >= 11 is 1.52. The normalized spacial score (nSPS) is 21.4. The number of carbonyl (C=O) groups excluding carboxylic acids is 2. The smallest absolute Gasteiger partial charge is 0.221 e. The van der Waals surface area contributed by atoms with Crippen LogP contribution in [0.4, 0.5) is 11.5 Å². The molecule has 192 valence electrons. The Morgan fingerprint density at radius 1 is 1.08 bits per heavy atom. The fraction of sp³-hybridized carbons (Fsp3) is 0.435. The van der Waals surface area contributed by atoms with Gasteiger partial charge in [-0.3, -0.25) is 14.2 Å². The molecule has 0 radical (unpaired) electrons. The standard InChI is InChI=1S/C23H29N7O5S/c1-13(31)24-7-8-36-10-17-19(33)20(34)23(35-17)30-12-28-18-21(26-11-27-22(18)30)25-9-15-3-5-16(6-4-15)29-14(2)32/h3-6,11-12,17,19-20,23,33-34H,7-10H2,1-2H3,(H,24,31)(H,29,32)(H,25,26,27)/t17-,19-,20-,23-/m1/s1. The Morgan fingerprint density at radius 2 is 1.86 bits per heavy atom. The molecule has 13 heteroatoms. The van der Waals surface area contributed by atoms with Crippen molar-refractivity contribution in [1.29, 1.82) is 0 Å². The summed E-state index contributed by atoms with van der Waals surface area (Å²) in [4.78, 5) is 35.2. The van der Waals surface area contributed by atoms with Gasteiger partial charge in [0.15, 0.2) is 23.2 Å². The predicted molar refractivity (Wildman–Crippen MR) is 135 cm³/mol. The zero-order chi connectivity index (χ0) is 25.7. The highest BCUT2D eigenvalue weighted by Crippen LogP contribution is 2.33. The largest absolute Gasteiger partial charge is 0.387 e. The van der Waals surface area contributed by atoms with E-state index < -0.39 is 24.5 Å². The summed E-state index contributed by atoms with van der Waals surface area (Å²) in [5, 5.41) is 29.9. The van der Waals surface area contributed by atoms with E-state index in [1.165, 1.54) is 38.3 Å². The van der Waals surface area contributed by atoms with Gasteiger partial charge in [0.25, 0.3) is 0 Å². The van der Waals surface area contributed by atoms with Crippen LogP contribution >= 0.6 is 11.8 Å². The number of fused-ring (bicyclic) bond motifs is 1. The van der Waals surface area contributed by atoms with Crippen LogP contribution in [0, 0.1) is 0 Å². The van der Waals surface area contributed by atoms with Crippen molar-refractivity contribution in [3.8, 4) is 0 Å². The first-order valence-corrected chi connectivity index (χ1v) is 12.6. The number of anilines is 2. The summed E-state index contributed by atoms with van der Waals surface area (Å²) in [5.74, 6) is 1.42. The highest BCUT2D eigenvalue weighted by Gasteiger charge is 2.44. The molecule has 1 saturated heterocycles. The third-order valence-electron chi connectivity index (χ3n) is 5.61. The van der Waals surface area contributed by atoms with Gasteiger partial charge < -0.3 is 30.9 Å². The Hall–Kier alpha value is -3.26. The molecule has 1 aromatic carbocycles. The molecule has 0 aliphatic carbocycles. The number of amides is 2. The van der Waals surface area contributed by atoms with E-state index in [1.807, 2.05) is 24.3 Å². The summed E-state index contributed by atoms with van der Waals surface area (Å²) in [7, 11) is 0. The van der Waals surface area contributed by atoms with E-state index in [-0.39, 0.29) is 11.8 Å². The van der Waals surface area contributed by atoms with Crippen LogP contribution < -0.4 is 16.0 Å². The maximum atomic E-state index is 11.2. The van der Waals surface area contributed by atoms with Gasteiger partial charge in [-0.1, -0.05) is 12.1 Å². The van der Waals surface area contributed by atoms with Crippen LogP contribution in [0.25, 0.3) is 11.2 Å². The SMILES string of the molecule is CC(=O)NCCSC[C@H]1O[C@@H](n2cnc3c(NCc4ccc(NC(C)=O)cc4)ncnc32)[C@H](O)[C@@H]1O. The molecule has 4 atom stereocenters. The molecule has 1 aliphatic rings. The van der Waals surface area contributed by atoms with Gasteiger partial charge in [0.1, 0.15) is 18.5 Å². The number of nitrogens with zero attached hydrogens (tertiary/aromatic N) is 4. The first-order chi connectivity index (χ1) is 17.3. The van der Waals surface area contributed by atoms with Crippen molar-refractivity contribution >= 4 is 46.2 Å². The second-order valence-corrected chi connectivity index (χ2v) is 9.53. The van der Waals surface area contributed by atoms with Gasteiger partial charge in [0, 0.05) is 44.1 Å². The number of benzene rings is 1. The lowest BCUT2D eigenvalue weighted by atomic mass is 10.1. The highest BCUT2D eigenvalue weighted by molar-refractivity contribution is 7.99. The molecule has 1 aliphatic heterocycles. The maximum Gasteiger partial charge on any atom is 0.221 e. The van der Waals surface area contributed by atoms with Gasteiger partial charge in [-0.15, -0.1) is 0 Å². The number of aromatic nitrogens is 4. The Kier molecular flexibility index (Phi) is 8.36. The molecule has 2 amide bonds.